The van der Waals surface area contributed by atoms with Crippen LogP contribution in [0.3, 0.4) is 0 Å². The molecule has 0 aliphatic heterocycles. The molecule has 15 heavy (non-hydrogen) atoms. The van der Waals surface area contributed by atoms with Gasteiger partial charge in [-0.3, -0.25) is 4.18 Å². The van der Waals surface area contributed by atoms with Crippen LogP contribution < -0.4 is 0 Å². The van der Waals surface area contributed by atoms with E-state index in [0.717, 1.165) is 25.5 Å². The quantitative estimate of drug-likeness (QED) is 0.683. The average Bonchev–Trinajstić information content (AvgIpc) is 2.10. The van der Waals surface area contributed by atoms with Crippen molar-refractivity contribution in [3.63, 3.8) is 0 Å². The summed E-state index contributed by atoms with van der Waals surface area (Å²) >= 11 is 0. The SMILES string of the molecule is CCCC[C@@H](C)[C@@H](O)[C@@H](C)OS(C)(=O)=O. The van der Waals surface area contributed by atoms with Gasteiger partial charge in [0.1, 0.15) is 6.10 Å². The zero-order valence-corrected chi connectivity index (χ0v) is 10.8. The lowest BCUT2D eigenvalue weighted by Crippen LogP contribution is -2.33. The Balaban J connectivity index is 4.12. The third-order valence-corrected chi connectivity index (χ3v) is 3.06. The number of hydrogen-bond donors (Lipinski definition) is 1. The smallest absolute Gasteiger partial charge is 0.264 e. The van der Waals surface area contributed by atoms with Crippen molar-refractivity contribution in [3.8, 4) is 0 Å². The summed E-state index contributed by atoms with van der Waals surface area (Å²) in [6.07, 6.45) is 2.57. The third kappa shape index (κ3) is 6.87. The first-order chi connectivity index (χ1) is 6.78. The summed E-state index contributed by atoms with van der Waals surface area (Å²) in [5.74, 6) is 0.0571. The van der Waals surface area contributed by atoms with Crippen LogP contribution in [0.1, 0.15) is 40.0 Å². The Morgan fingerprint density at radius 3 is 2.27 bits per heavy atom. The Morgan fingerprint density at radius 2 is 1.87 bits per heavy atom. The molecule has 1 N–H and O–H groups in total. The molecule has 0 aliphatic rings. The van der Waals surface area contributed by atoms with Crippen LogP contribution in [0.5, 0.6) is 0 Å². The summed E-state index contributed by atoms with van der Waals surface area (Å²) in [5, 5.41) is 9.79. The van der Waals surface area contributed by atoms with Gasteiger partial charge in [0.15, 0.2) is 0 Å². The van der Waals surface area contributed by atoms with Crippen LogP contribution >= 0.6 is 0 Å². The molecule has 0 fully saturated rings. The van der Waals surface area contributed by atoms with E-state index in [1.54, 1.807) is 6.92 Å². The van der Waals surface area contributed by atoms with Crippen molar-refractivity contribution in [2.75, 3.05) is 6.26 Å². The average molecular weight is 238 g/mol. The summed E-state index contributed by atoms with van der Waals surface area (Å²) in [6.45, 7) is 5.56. The van der Waals surface area contributed by atoms with Crippen LogP contribution in [0.2, 0.25) is 0 Å². The molecule has 3 atom stereocenters. The lowest BCUT2D eigenvalue weighted by atomic mass is 9.95. The van der Waals surface area contributed by atoms with Gasteiger partial charge in [0.05, 0.1) is 12.4 Å². The minimum absolute atomic E-state index is 0.0571. The van der Waals surface area contributed by atoms with Crippen molar-refractivity contribution in [3.05, 3.63) is 0 Å². The Hall–Kier alpha value is -0.130. The van der Waals surface area contributed by atoms with Crippen molar-refractivity contribution in [1.82, 2.24) is 0 Å². The van der Waals surface area contributed by atoms with Gasteiger partial charge in [0.2, 0.25) is 0 Å². The molecule has 4 nitrogen and oxygen atoms in total. The Bertz CT molecular complexity index is 261. The molecule has 0 heterocycles. The number of aliphatic hydroxyl groups is 1. The fourth-order valence-corrected chi connectivity index (χ4v) is 2.16. The Kier molecular flexibility index (Phi) is 6.40. The zero-order chi connectivity index (χ0) is 12.1. The number of unbranched alkanes of at least 4 members (excludes halogenated alkanes) is 1. The third-order valence-electron chi connectivity index (χ3n) is 2.40. The summed E-state index contributed by atoms with van der Waals surface area (Å²) in [7, 11) is -3.48. The van der Waals surface area contributed by atoms with Crippen LogP contribution in [-0.2, 0) is 14.3 Å². The summed E-state index contributed by atoms with van der Waals surface area (Å²) < 4.78 is 26.4. The largest absolute Gasteiger partial charge is 0.390 e. The van der Waals surface area contributed by atoms with E-state index in [9.17, 15) is 13.5 Å². The second-order valence-electron chi connectivity index (χ2n) is 4.12. The van der Waals surface area contributed by atoms with Gasteiger partial charge < -0.3 is 5.11 Å². The molecule has 0 bridgehead atoms. The molecule has 0 saturated carbocycles. The molecule has 92 valence electrons. The summed E-state index contributed by atoms with van der Waals surface area (Å²) in [4.78, 5) is 0. The van der Waals surface area contributed by atoms with Crippen LogP contribution in [-0.4, -0.2) is 32.0 Å². The summed E-state index contributed by atoms with van der Waals surface area (Å²) in [6, 6.07) is 0. The van der Waals surface area contributed by atoms with E-state index in [4.69, 9.17) is 4.18 Å². The first-order valence-electron chi connectivity index (χ1n) is 5.34. The van der Waals surface area contributed by atoms with Crippen LogP contribution in [0, 0.1) is 5.92 Å². The molecule has 0 aromatic rings. The predicted octanol–water partition coefficient (Wildman–Crippen LogP) is 1.54. The van der Waals surface area contributed by atoms with Gasteiger partial charge >= 0.3 is 0 Å². The van der Waals surface area contributed by atoms with Crippen LogP contribution in [0.15, 0.2) is 0 Å². The highest BCUT2D eigenvalue weighted by Gasteiger charge is 2.24. The van der Waals surface area contributed by atoms with E-state index >= 15 is 0 Å². The fourth-order valence-electron chi connectivity index (χ4n) is 1.49. The second-order valence-corrected chi connectivity index (χ2v) is 5.72. The molecule has 0 amide bonds. The van der Waals surface area contributed by atoms with E-state index in [2.05, 4.69) is 6.92 Å². The van der Waals surface area contributed by atoms with E-state index in [1.165, 1.54) is 0 Å². The van der Waals surface area contributed by atoms with Crippen molar-refractivity contribution in [1.29, 1.82) is 0 Å². The highest BCUT2D eigenvalue weighted by Crippen LogP contribution is 2.17. The van der Waals surface area contributed by atoms with Crippen molar-refractivity contribution < 1.29 is 17.7 Å². The molecular weight excluding hydrogens is 216 g/mol. The number of hydrogen-bond acceptors (Lipinski definition) is 4. The number of rotatable bonds is 7. The maximum atomic E-state index is 10.8. The van der Waals surface area contributed by atoms with E-state index in [0.29, 0.717) is 0 Å². The molecule has 0 aromatic carbocycles. The van der Waals surface area contributed by atoms with Gasteiger partial charge in [0, 0.05) is 0 Å². The standard InChI is InChI=1S/C10H22O4S/c1-5-6-7-8(2)10(11)9(3)14-15(4,12)13/h8-11H,5-7H2,1-4H3/t8-,9-,10-/m1/s1. The van der Waals surface area contributed by atoms with Gasteiger partial charge in [0.25, 0.3) is 10.1 Å². The highest BCUT2D eigenvalue weighted by atomic mass is 32.2. The maximum absolute atomic E-state index is 10.8. The van der Waals surface area contributed by atoms with Crippen molar-refractivity contribution in [2.45, 2.75) is 52.2 Å². The van der Waals surface area contributed by atoms with Crippen LogP contribution in [0.25, 0.3) is 0 Å². The first kappa shape index (κ1) is 14.9. The molecule has 0 spiro atoms. The van der Waals surface area contributed by atoms with Gasteiger partial charge in [-0.25, -0.2) is 0 Å². The minimum Gasteiger partial charge on any atom is -0.390 e. The van der Waals surface area contributed by atoms with E-state index < -0.39 is 22.3 Å². The molecule has 0 aromatic heterocycles. The number of aliphatic hydroxyl groups excluding tert-OH is 1. The van der Waals surface area contributed by atoms with Gasteiger partial charge in [-0.2, -0.15) is 8.42 Å². The molecular formula is C10H22O4S. The molecule has 5 heteroatoms. The normalized spacial score (nSPS) is 18.5. The monoisotopic (exact) mass is 238 g/mol. The minimum atomic E-state index is -3.48. The van der Waals surface area contributed by atoms with E-state index in [-0.39, 0.29) is 5.92 Å². The van der Waals surface area contributed by atoms with Crippen molar-refractivity contribution >= 4 is 10.1 Å². The topological polar surface area (TPSA) is 63.6 Å². The predicted molar refractivity (Wildman–Crippen MR) is 60.1 cm³/mol. The summed E-state index contributed by atoms with van der Waals surface area (Å²) in [5.41, 5.74) is 0. The van der Waals surface area contributed by atoms with Crippen molar-refractivity contribution in [2.24, 2.45) is 5.92 Å². The molecule has 0 aliphatic carbocycles. The van der Waals surface area contributed by atoms with E-state index in [1.807, 2.05) is 6.92 Å². The first-order valence-corrected chi connectivity index (χ1v) is 7.16. The second kappa shape index (κ2) is 6.45. The van der Waals surface area contributed by atoms with Crippen LogP contribution in [0.4, 0.5) is 0 Å². The van der Waals surface area contributed by atoms with Gasteiger partial charge in [-0.05, 0) is 19.3 Å². The highest BCUT2D eigenvalue weighted by molar-refractivity contribution is 7.86. The molecule has 0 rings (SSSR count). The van der Waals surface area contributed by atoms with Gasteiger partial charge in [-0.1, -0.05) is 26.7 Å². The molecule has 0 radical (unpaired) electrons. The molecule has 0 unspecified atom stereocenters. The zero-order valence-electron chi connectivity index (χ0n) is 9.93. The maximum Gasteiger partial charge on any atom is 0.264 e. The lowest BCUT2D eigenvalue weighted by Gasteiger charge is -2.23. The fraction of sp³-hybridized carbons (Fsp3) is 1.00. The lowest BCUT2D eigenvalue weighted by molar-refractivity contribution is 0.0122. The Labute approximate surface area is 92.8 Å². The van der Waals surface area contributed by atoms with Gasteiger partial charge in [-0.15, -0.1) is 0 Å². The molecule has 0 saturated heterocycles. The Morgan fingerprint density at radius 1 is 1.33 bits per heavy atom.